The van der Waals surface area contributed by atoms with E-state index >= 15 is 0 Å². The predicted octanol–water partition coefficient (Wildman–Crippen LogP) is 5.41. The number of aromatic nitrogens is 3. The molecule has 5 rings (SSSR count). The van der Waals surface area contributed by atoms with Gasteiger partial charge >= 0.3 is 18.2 Å². The molecule has 3 heterocycles. The van der Waals surface area contributed by atoms with E-state index in [1.54, 1.807) is 32.9 Å². The average molecular weight is 673 g/mol. The molecule has 0 spiro atoms. The van der Waals surface area contributed by atoms with E-state index in [1.165, 1.54) is 4.90 Å². The predicted molar refractivity (Wildman–Crippen MR) is 185 cm³/mol. The number of pyridine rings is 1. The molecule has 13 heteroatoms. The van der Waals surface area contributed by atoms with Crippen LogP contribution in [0.5, 0.6) is 0 Å². The fourth-order valence-electron chi connectivity index (χ4n) is 6.11. The van der Waals surface area contributed by atoms with Crippen LogP contribution in [0.1, 0.15) is 45.0 Å². The number of anilines is 1. The van der Waals surface area contributed by atoms with Crippen LogP contribution in [0.2, 0.25) is 0 Å². The Hall–Kier alpha value is -5.01. The number of nitrogens with one attached hydrogen (secondary N) is 1. The molecular formula is C36H44N6O7. The normalized spacial score (nSPS) is 16.2. The fourth-order valence-corrected chi connectivity index (χ4v) is 6.11. The first-order valence-electron chi connectivity index (χ1n) is 16.4. The topological polar surface area (TPSA) is 159 Å². The lowest BCUT2D eigenvalue weighted by molar-refractivity contribution is -0.141. The zero-order chi connectivity index (χ0) is 35.1. The number of para-hydroxylation sites is 1. The van der Waals surface area contributed by atoms with Gasteiger partial charge in [-0.2, -0.15) is 0 Å². The largest absolute Gasteiger partial charge is 0.480 e. The third-order valence-electron chi connectivity index (χ3n) is 8.26. The van der Waals surface area contributed by atoms with Gasteiger partial charge < -0.3 is 29.6 Å². The number of ether oxygens (including phenoxy) is 2. The van der Waals surface area contributed by atoms with Crippen LogP contribution in [-0.2, 0) is 33.8 Å². The van der Waals surface area contributed by atoms with Gasteiger partial charge in [0.05, 0.1) is 36.0 Å². The summed E-state index contributed by atoms with van der Waals surface area (Å²) in [6.45, 7) is 7.50. The van der Waals surface area contributed by atoms with Crippen molar-refractivity contribution in [1.82, 2.24) is 24.8 Å². The summed E-state index contributed by atoms with van der Waals surface area (Å²) in [5.74, 6) is -0.172. The first kappa shape index (κ1) is 35.3. The van der Waals surface area contributed by atoms with Crippen LogP contribution in [-0.4, -0.2) is 92.2 Å². The summed E-state index contributed by atoms with van der Waals surface area (Å²) >= 11 is 0. The molecule has 3 N–H and O–H groups in total. The van der Waals surface area contributed by atoms with E-state index in [4.69, 9.17) is 19.4 Å². The van der Waals surface area contributed by atoms with Crippen molar-refractivity contribution in [1.29, 1.82) is 0 Å². The molecule has 0 aliphatic carbocycles. The molecule has 4 aromatic rings. The smallest absolute Gasteiger partial charge is 0.416 e. The lowest BCUT2D eigenvalue weighted by Gasteiger charge is -2.31. The fraction of sp³-hybridized carbons (Fsp3) is 0.417. The van der Waals surface area contributed by atoms with Crippen molar-refractivity contribution in [2.45, 2.75) is 70.9 Å². The van der Waals surface area contributed by atoms with Crippen molar-refractivity contribution in [3.63, 3.8) is 0 Å². The lowest BCUT2D eigenvalue weighted by Crippen LogP contribution is -2.45. The van der Waals surface area contributed by atoms with Gasteiger partial charge in [0.15, 0.2) is 0 Å². The molecule has 2 atom stereocenters. The molecule has 1 saturated heterocycles. The van der Waals surface area contributed by atoms with Gasteiger partial charge in [-0.05, 0) is 64.5 Å². The molecule has 1 aliphatic rings. The maximum Gasteiger partial charge on any atom is 0.416 e. The molecule has 1 fully saturated rings. The Balaban J connectivity index is 1.51. The molecule has 260 valence electrons. The minimum atomic E-state index is -1.37. The molecule has 2 aromatic carbocycles. The number of nitrogens with zero attached hydrogens (tertiary/aromatic N) is 5. The van der Waals surface area contributed by atoms with Crippen LogP contribution in [0.15, 0.2) is 66.7 Å². The van der Waals surface area contributed by atoms with Crippen LogP contribution >= 0.6 is 0 Å². The van der Waals surface area contributed by atoms with Crippen LogP contribution < -0.4 is 10.2 Å². The molecular weight excluding hydrogens is 628 g/mol. The van der Waals surface area contributed by atoms with Gasteiger partial charge in [0.25, 0.3) is 0 Å². The minimum Gasteiger partial charge on any atom is -0.480 e. The Morgan fingerprint density at radius 3 is 2.43 bits per heavy atom. The van der Waals surface area contributed by atoms with E-state index in [1.807, 2.05) is 61.6 Å². The molecule has 2 aromatic heterocycles. The van der Waals surface area contributed by atoms with E-state index in [9.17, 15) is 24.6 Å². The highest BCUT2D eigenvalue weighted by Gasteiger charge is 2.45. The summed E-state index contributed by atoms with van der Waals surface area (Å²) in [7, 11) is 1.92. The number of hydrogen-bond donors (Lipinski definition) is 3. The zero-order valence-corrected chi connectivity index (χ0v) is 28.3. The van der Waals surface area contributed by atoms with Crippen molar-refractivity contribution < 1.29 is 34.1 Å². The maximum absolute atomic E-state index is 13.7. The number of carbonyl (C=O) groups excluding carboxylic acids is 1. The number of benzene rings is 2. The van der Waals surface area contributed by atoms with Crippen molar-refractivity contribution >= 4 is 35.0 Å². The number of carboxylic acids is 1. The molecule has 0 saturated carbocycles. The average Bonchev–Trinajstić information content (AvgIpc) is 3.66. The number of carbonyl (C=O) groups is 3. The highest BCUT2D eigenvalue weighted by Crippen LogP contribution is 2.33. The Morgan fingerprint density at radius 1 is 1.00 bits per heavy atom. The number of hydrogen-bond acceptors (Lipinski definition) is 8. The van der Waals surface area contributed by atoms with Crippen molar-refractivity contribution in [3.05, 3.63) is 78.1 Å². The van der Waals surface area contributed by atoms with Crippen LogP contribution in [0.4, 0.5) is 15.4 Å². The summed E-state index contributed by atoms with van der Waals surface area (Å²) < 4.78 is 13.9. The highest BCUT2D eigenvalue weighted by atomic mass is 16.6. The van der Waals surface area contributed by atoms with E-state index in [0.717, 1.165) is 45.9 Å². The SMILES string of the molecule is CNCCCn1c(CCOCc2ccccc2)nc2cccc(-c3cccc(N(C(=O)OC(C)(C)C)[C@H]4C[C@@H](C(=O)O)N(C(=O)O)C4)n3)c21. The number of rotatable bonds is 13. The zero-order valence-electron chi connectivity index (χ0n) is 28.3. The number of aliphatic carboxylic acids is 1. The van der Waals surface area contributed by atoms with Gasteiger partial charge in [0.1, 0.15) is 23.3 Å². The second kappa shape index (κ2) is 15.5. The van der Waals surface area contributed by atoms with E-state index in [-0.39, 0.29) is 18.8 Å². The Morgan fingerprint density at radius 2 is 1.76 bits per heavy atom. The second-order valence-corrected chi connectivity index (χ2v) is 13.0. The van der Waals surface area contributed by atoms with Crippen LogP contribution in [0.3, 0.4) is 0 Å². The lowest BCUT2D eigenvalue weighted by atomic mass is 10.1. The van der Waals surface area contributed by atoms with Gasteiger partial charge in [0, 0.05) is 31.5 Å². The molecule has 0 radical (unpaired) electrons. The maximum atomic E-state index is 13.7. The van der Waals surface area contributed by atoms with Crippen LogP contribution in [0, 0.1) is 0 Å². The Kier molecular flexibility index (Phi) is 11.1. The Labute approximate surface area is 285 Å². The van der Waals surface area contributed by atoms with Gasteiger partial charge in [-0.25, -0.2) is 24.4 Å². The van der Waals surface area contributed by atoms with E-state index in [2.05, 4.69) is 9.88 Å². The van der Waals surface area contributed by atoms with Gasteiger partial charge in [-0.15, -0.1) is 0 Å². The summed E-state index contributed by atoms with van der Waals surface area (Å²) in [4.78, 5) is 49.7. The molecule has 13 nitrogen and oxygen atoms in total. The third kappa shape index (κ3) is 8.54. The quantitative estimate of drug-likeness (QED) is 0.157. The summed E-state index contributed by atoms with van der Waals surface area (Å²) in [5.41, 5.74) is 3.31. The molecule has 0 unspecified atom stereocenters. The first-order chi connectivity index (χ1) is 23.5. The third-order valence-corrected chi connectivity index (χ3v) is 8.26. The number of likely N-dealkylation sites (tertiary alicyclic amines) is 1. The monoisotopic (exact) mass is 672 g/mol. The van der Waals surface area contributed by atoms with Gasteiger partial charge in [-0.1, -0.05) is 48.5 Å². The minimum absolute atomic E-state index is 0.115. The molecule has 49 heavy (non-hydrogen) atoms. The van der Waals surface area contributed by atoms with E-state index in [0.29, 0.717) is 31.9 Å². The van der Waals surface area contributed by atoms with E-state index < -0.39 is 35.8 Å². The van der Waals surface area contributed by atoms with Crippen molar-refractivity contribution in [3.8, 4) is 11.3 Å². The number of fused-ring (bicyclic) bond motifs is 1. The highest BCUT2D eigenvalue weighted by molar-refractivity contribution is 5.93. The summed E-state index contributed by atoms with van der Waals surface area (Å²) in [6, 6.07) is 19.0. The number of amides is 2. The number of aryl methyl sites for hydroxylation is 1. The first-order valence-corrected chi connectivity index (χ1v) is 16.4. The van der Waals surface area contributed by atoms with Crippen molar-refractivity contribution in [2.75, 3.05) is 31.6 Å². The number of imidazole rings is 1. The second-order valence-electron chi connectivity index (χ2n) is 13.0. The van der Waals surface area contributed by atoms with Crippen molar-refractivity contribution in [2.24, 2.45) is 0 Å². The number of carboxylic acid groups (broad SMARTS) is 2. The van der Waals surface area contributed by atoms with Gasteiger partial charge in [0.2, 0.25) is 0 Å². The molecule has 2 amide bonds. The van der Waals surface area contributed by atoms with Gasteiger partial charge in [-0.3, -0.25) is 9.80 Å². The molecule has 0 bridgehead atoms. The van der Waals surface area contributed by atoms with Crippen LogP contribution in [0.25, 0.3) is 22.3 Å². The molecule has 1 aliphatic heterocycles. The Bertz CT molecular complexity index is 1750. The standard InChI is InChI=1S/C36H44N6O7/c1-36(2,3)49-35(47)42(25-21-29(33(43)44)41(22-25)34(45)46)31-16-9-14-27(38-31)26-13-8-15-28-32(26)40(19-10-18-37-4)30(39-28)17-20-48-23-24-11-6-5-7-12-24/h5-9,11-16,25,29,37H,10,17-23H2,1-4H3,(H,43,44)(H,45,46)/t25-,29-/m0/s1. The summed E-state index contributed by atoms with van der Waals surface area (Å²) in [5, 5.41) is 22.7. The summed E-state index contributed by atoms with van der Waals surface area (Å²) in [6.07, 6.45) is -0.768.